The number of hydrogen-bond acceptors (Lipinski definition) is 3. The van der Waals surface area contributed by atoms with Crippen molar-refractivity contribution in [1.82, 2.24) is 10.2 Å². The lowest BCUT2D eigenvalue weighted by Gasteiger charge is -2.45. The average Bonchev–Trinajstić information content (AvgIpc) is 2.85. The third-order valence-electron chi connectivity index (χ3n) is 5.39. The van der Waals surface area contributed by atoms with Gasteiger partial charge in [-0.25, -0.2) is 0 Å². The maximum Gasteiger partial charge on any atom is 0.0710 e. The minimum atomic E-state index is 0.442. The van der Waals surface area contributed by atoms with E-state index >= 15 is 0 Å². The molecule has 1 saturated heterocycles. The predicted molar refractivity (Wildman–Crippen MR) is 80.4 cm³/mol. The van der Waals surface area contributed by atoms with E-state index in [4.69, 9.17) is 4.74 Å². The molecule has 112 valence electrons. The summed E-state index contributed by atoms with van der Waals surface area (Å²) in [6.07, 6.45) is 5.67. The van der Waals surface area contributed by atoms with Crippen molar-refractivity contribution < 1.29 is 4.74 Å². The Kier molecular flexibility index (Phi) is 4.91. The van der Waals surface area contributed by atoms with Gasteiger partial charge in [-0.15, -0.1) is 0 Å². The Hall–Kier alpha value is -0.120. The minimum Gasteiger partial charge on any atom is -0.380 e. The molecular formula is C16H32N2O. The molecule has 0 aromatic carbocycles. The van der Waals surface area contributed by atoms with Gasteiger partial charge in [0.15, 0.2) is 0 Å². The number of likely N-dealkylation sites (tertiary alicyclic amines) is 1. The second kappa shape index (κ2) is 6.11. The fraction of sp³-hybridized carbons (Fsp3) is 1.00. The molecule has 0 bridgehead atoms. The lowest BCUT2D eigenvalue weighted by atomic mass is 9.69. The summed E-state index contributed by atoms with van der Waals surface area (Å²) in [5, 5.41) is 3.55. The van der Waals surface area contributed by atoms with E-state index in [1.807, 2.05) is 7.11 Å². The van der Waals surface area contributed by atoms with Gasteiger partial charge < -0.3 is 10.1 Å². The van der Waals surface area contributed by atoms with Gasteiger partial charge in [0.2, 0.25) is 0 Å². The Balaban J connectivity index is 2.02. The number of likely N-dealkylation sites (N-methyl/N-ethyl adjacent to an activating group) is 1. The molecule has 0 aromatic heterocycles. The molecule has 1 aliphatic heterocycles. The van der Waals surface area contributed by atoms with Crippen LogP contribution in [0.4, 0.5) is 0 Å². The number of nitrogens with one attached hydrogen (secondary N) is 1. The van der Waals surface area contributed by atoms with Gasteiger partial charge in [0, 0.05) is 32.3 Å². The summed E-state index contributed by atoms with van der Waals surface area (Å²) < 4.78 is 5.53. The van der Waals surface area contributed by atoms with Crippen LogP contribution in [0.1, 0.15) is 46.5 Å². The van der Waals surface area contributed by atoms with Crippen LogP contribution in [0.3, 0.4) is 0 Å². The maximum atomic E-state index is 5.53. The second-order valence-electron chi connectivity index (χ2n) is 7.48. The molecule has 2 aliphatic rings. The maximum absolute atomic E-state index is 5.53. The van der Waals surface area contributed by atoms with E-state index in [9.17, 15) is 0 Å². The summed E-state index contributed by atoms with van der Waals surface area (Å²) in [6, 6.07) is 1.36. The molecule has 4 atom stereocenters. The first-order chi connectivity index (χ1) is 8.95. The zero-order valence-electron chi connectivity index (χ0n) is 13.4. The fourth-order valence-corrected chi connectivity index (χ4v) is 3.92. The zero-order chi connectivity index (χ0) is 14.0. The van der Waals surface area contributed by atoms with Crippen molar-refractivity contribution in [2.24, 2.45) is 11.3 Å². The third kappa shape index (κ3) is 3.50. The quantitative estimate of drug-likeness (QED) is 0.851. The van der Waals surface area contributed by atoms with E-state index in [0.29, 0.717) is 23.6 Å². The highest BCUT2D eigenvalue weighted by molar-refractivity contribution is 4.96. The molecule has 1 saturated carbocycles. The largest absolute Gasteiger partial charge is 0.380 e. The lowest BCUT2D eigenvalue weighted by molar-refractivity contribution is 0.0559. The highest BCUT2D eigenvalue weighted by Gasteiger charge is 2.40. The smallest absolute Gasteiger partial charge is 0.0710 e. The molecule has 19 heavy (non-hydrogen) atoms. The Morgan fingerprint density at radius 2 is 1.89 bits per heavy atom. The first-order valence-corrected chi connectivity index (χ1v) is 7.89. The lowest BCUT2D eigenvalue weighted by Crippen LogP contribution is -2.53. The zero-order valence-corrected chi connectivity index (χ0v) is 13.4. The van der Waals surface area contributed by atoms with Crippen molar-refractivity contribution in [3.63, 3.8) is 0 Å². The summed E-state index contributed by atoms with van der Waals surface area (Å²) in [5.41, 5.74) is 0.442. The standard InChI is InChI=1S/C16H32N2O/c1-16(2,3)12-6-7-14(17-4)15(10-12)18-9-8-13(11-18)19-5/h12-15,17H,6-11H2,1-5H3. The molecule has 2 fully saturated rings. The Morgan fingerprint density at radius 3 is 2.42 bits per heavy atom. The summed E-state index contributed by atoms with van der Waals surface area (Å²) in [4.78, 5) is 2.67. The van der Waals surface area contributed by atoms with Crippen LogP contribution >= 0.6 is 0 Å². The van der Waals surface area contributed by atoms with E-state index < -0.39 is 0 Å². The van der Waals surface area contributed by atoms with Crippen LogP contribution in [0.25, 0.3) is 0 Å². The predicted octanol–water partition coefficient (Wildman–Crippen LogP) is 2.51. The van der Waals surface area contributed by atoms with Crippen molar-refractivity contribution >= 4 is 0 Å². The minimum absolute atomic E-state index is 0.442. The van der Waals surface area contributed by atoms with Gasteiger partial charge in [0.1, 0.15) is 0 Å². The summed E-state index contributed by atoms with van der Waals surface area (Å²) in [5.74, 6) is 0.851. The molecule has 4 unspecified atom stereocenters. The van der Waals surface area contributed by atoms with Crippen LogP contribution in [0.15, 0.2) is 0 Å². The molecule has 2 rings (SSSR count). The van der Waals surface area contributed by atoms with Gasteiger partial charge in [-0.3, -0.25) is 4.90 Å². The Bertz CT molecular complexity index is 287. The van der Waals surface area contributed by atoms with Gasteiger partial charge in [0.05, 0.1) is 6.10 Å². The van der Waals surface area contributed by atoms with Gasteiger partial charge in [-0.05, 0) is 44.1 Å². The number of methoxy groups -OCH3 is 1. The molecule has 3 nitrogen and oxygen atoms in total. The number of rotatable bonds is 3. The van der Waals surface area contributed by atoms with Crippen molar-refractivity contribution in [2.45, 2.75) is 64.6 Å². The highest BCUT2D eigenvalue weighted by atomic mass is 16.5. The summed E-state index contributed by atoms with van der Waals surface area (Å²) in [7, 11) is 3.97. The van der Waals surface area contributed by atoms with Gasteiger partial charge in [-0.1, -0.05) is 20.8 Å². The van der Waals surface area contributed by atoms with Crippen LogP contribution in [0.2, 0.25) is 0 Å². The van der Waals surface area contributed by atoms with E-state index in [2.05, 4.69) is 38.0 Å². The van der Waals surface area contributed by atoms with E-state index in [1.54, 1.807) is 0 Å². The van der Waals surface area contributed by atoms with E-state index in [0.717, 1.165) is 12.5 Å². The van der Waals surface area contributed by atoms with E-state index in [1.165, 1.54) is 32.2 Å². The first kappa shape index (κ1) is 15.3. The highest BCUT2D eigenvalue weighted by Crippen LogP contribution is 2.40. The molecule has 3 heteroatoms. The van der Waals surface area contributed by atoms with Crippen molar-refractivity contribution in [3.05, 3.63) is 0 Å². The molecule has 1 N–H and O–H groups in total. The van der Waals surface area contributed by atoms with Crippen LogP contribution in [-0.4, -0.2) is 50.3 Å². The second-order valence-corrected chi connectivity index (χ2v) is 7.48. The van der Waals surface area contributed by atoms with Gasteiger partial charge in [0.25, 0.3) is 0 Å². The first-order valence-electron chi connectivity index (χ1n) is 7.89. The molecule has 0 radical (unpaired) electrons. The van der Waals surface area contributed by atoms with Gasteiger partial charge in [-0.2, -0.15) is 0 Å². The fourth-order valence-electron chi connectivity index (χ4n) is 3.92. The number of ether oxygens (including phenoxy) is 1. The molecule has 0 spiro atoms. The molecule has 1 heterocycles. The van der Waals surface area contributed by atoms with Crippen LogP contribution < -0.4 is 5.32 Å². The van der Waals surface area contributed by atoms with Crippen molar-refractivity contribution in [2.75, 3.05) is 27.2 Å². The van der Waals surface area contributed by atoms with Crippen molar-refractivity contribution in [1.29, 1.82) is 0 Å². The normalized spacial score (nSPS) is 37.7. The van der Waals surface area contributed by atoms with Crippen molar-refractivity contribution in [3.8, 4) is 0 Å². The molecule has 1 aliphatic carbocycles. The molecule has 0 aromatic rings. The monoisotopic (exact) mass is 268 g/mol. The Morgan fingerprint density at radius 1 is 1.16 bits per heavy atom. The van der Waals surface area contributed by atoms with Crippen LogP contribution in [0.5, 0.6) is 0 Å². The van der Waals surface area contributed by atoms with Gasteiger partial charge >= 0.3 is 0 Å². The molecular weight excluding hydrogens is 236 g/mol. The molecule has 0 amide bonds. The van der Waals surface area contributed by atoms with Crippen LogP contribution in [-0.2, 0) is 4.74 Å². The average molecular weight is 268 g/mol. The summed E-state index contributed by atoms with van der Waals surface area (Å²) in [6.45, 7) is 9.53. The van der Waals surface area contributed by atoms with E-state index in [-0.39, 0.29) is 0 Å². The number of nitrogens with zero attached hydrogens (tertiary/aromatic N) is 1. The Labute approximate surface area is 119 Å². The topological polar surface area (TPSA) is 24.5 Å². The summed E-state index contributed by atoms with van der Waals surface area (Å²) >= 11 is 0. The van der Waals surface area contributed by atoms with Crippen LogP contribution in [0, 0.1) is 11.3 Å². The third-order valence-corrected chi connectivity index (χ3v) is 5.39. The number of hydrogen-bond donors (Lipinski definition) is 1. The SMILES string of the molecule is CNC1CCC(C(C)(C)C)CC1N1CCC(OC)C1.